The van der Waals surface area contributed by atoms with Crippen LogP contribution in [0.3, 0.4) is 0 Å². The molecule has 0 aromatic heterocycles. The van der Waals surface area contributed by atoms with Crippen molar-refractivity contribution in [1.29, 1.82) is 0 Å². The number of ether oxygens (including phenoxy) is 7. The van der Waals surface area contributed by atoms with Crippen molar-refractivity contribution in [3.8, 4) is 0 Å². The van der Waals surface area contributed by atoms with Gasteiger partial charge in [0.1, 0.15) is 48.7 Å². The minimum atomic E-state index is -5.69. The van der Waals surface area contributed by atoms with E-state index >= 15 is 9.59 Å². The Bertz CT molecular complexity index is 2710. The van der Waals surface area contributed by atoms with Crippen LogP contribution < -0.4 is 10.6 Å². The van der Waals surface area contributed by atoms with Gasteiger partial charge >= 0.3 is 39.5 Å². The van der Waals surface area contributed by atoms with Crippen LogP contribution in [-0.2, 0) is 80.1 Å². The Hall–Kier alpha value is -3.24. The Morgan fingerprint density at radius 1 is 0.333 bits per heavy atom. The number of phosphoric acid groups is 2. The van der Waals surface area contributed by atoms with Gasteiger partial charge in [-0.3, -0.25) is 37.8 Å². The van der Waals surface area contributed by atoms with Gasteiger partial charge in [-0.15, -0.1) is 0 Å². The minimum absolute atomic E-state index is 0.0781. The Morgan fingerprint density at radius 3 is 0.984 bits per heavy atom. The monoisotopic (exact) mass is 1800 g/mol. The van der Waals surface area contributed by atoms with Gasteiger partial charge in [-0.1, -0.05) is 375 Å². The number of phosphoric ester groups is 2. The van der Waals surface area contributed by atoms with E-state index in [0.29, 0.717) is 38.5 Å². The Morgan fingerprint density at radius 2 is 0.626 bits per heavy atom. The number of rotatable bonds is 84. The summed E-state index contributed by atoms with van der Waals surface area (Å²) in [5.41, 5.74) is 0. The molecule has 2 aliphatic heterocycles. The molecule has 14 atom stereocenters. The summed E-state index contributed by atoms with van der Waals surface area (Å²) >= 11 is 0. The van der Waals surface area contributed by atoms with Crippen molar-refractivity contribution in [2.24, 2.45) is 0 Å². The molecule has 724 valence electrons. The predicted octanol–water partition coefficient (Wildman–Crippen LogP) is 20.6. The summed E-state index contributed by atoms with van der Waals surface area (Å²) < 4.78 is 80.1. The fourth-order valence-electron chi connectivity index (χ4n) is 16.6. The molecule has 2 rings (SSSR count). The molecule has 0 spiro atoms. The zero-order valence-electron chi connectivity index (χ0n) is 77.6. The fraction of sp³-hybridized carbons (Fsp3) is 0.936. The van der Waals surface area contributed by atoms with Crippen LogP contribution >= 0.6 is 15.6 Å². The van der Waals surface area contributed by atoms with Crippen molar-refractivity contribution in [3.63, 3.8) is 0 Å². The maximum atomic E-state index is 15.2. The number of carbonyl (C=O) groups is 6. The Balaban J connectivity index is 2.84. The van der Waals surface area contributed by atoms with Crippen molar-refractivity contribution in [3.05, 3.63) is 0 Å². The van der Waals surface area contributed by atoms with Crippen molar-refractivity contribution < 1.29 is 120 Å². The summed E-state index contributed by atoms with van der Waals surface area (Å²) in [4.78, 5) is 128. The summed E-state index contributed by atoms with van der Waals surface area (Å²) in [7, 11) is -11.4. The van der Waals surface area contributed by atoms with Crippen molar-refractivity contribution >= 4 is 51.3 Å². The van der Waals surface area contributed by atoms with Gasteiger partial charge in [-0.2, -0.15) is 0 Å². The minimum Gasteiger partial charge on any atom is -0.462 e. The van der Waals surface area contributed by atoms with Gasteiger partial charge < -0.3 is 83.8 Å². The van der Waals surface area contributed by atoms with Gasteiger partial charge in [0.15, 0.2) is 24.8 Å². The highest BCUT2D eigenvalue weighted by molar-refractivity contribution is 7.46. The van der Waals surface area contributed by atoms with E-state index in [1.54, 1.807) is 0 Å². The average molecular weight is 1800 g/mol. The van der Waals surface area contributed by atoms with Crippen molar-refractivity contribution in [1.82, 2.24) is 10.6 Å². The third-order valence-corrected chi connectivity index (χ3v) is 24.9. The molecule has 10 N–H and O–H groups in total. The fourth-order valence-corrected chi connectivity index (χ4v) is 17.6. The molecule has 2 heterocycles. The van der Waals surface area contributed by atoms with Crippen LogP contribution in [-0.4, -0.2) is 175 Å². The van der Waals surface area contributed by atoms with E-state index in [1.807, 2.05) is 0 Å². The van der Waals surface area contributed by atoms with Gasteiger partial charge in [0.25, 0.3) is 0 Å². The summed E-state index contributed by atoms with van der Waals surface area (Å²) in [6.45, 7) is 10.9. The van der Waals surface area contributed by atoms with Crippen LogP contribution in [0.2, 0.25) is 0 Å². The zero-order valence-corrected chi connectivity index (χ0v) is 79.4. The molecule has 0 saturated carbocycles. The summed E-state index contributed by atoms with van der Waals surface area (Å²) in [5.74, 6) is -5.04. The molecular weight excluding hydrogens is 1620 g/mol. The highest BCUT2D eigenvalue weighted by Gasteiger charge is 2.55. The lowest BCUT2D eigenvalue weighted by molar-refractivity contribution is -0.297. The Kier molecular flexibility index (Phi) is 71.0. The molecule has 2 fully saturated rings. The number of esters is 4. The van der Waals surface area contributed by atoms with Gasteiger partial charge in [0.2, 0.25) is 11.8 Å². The molecule has 0 aliphatic carbocycles. The first-order valence-electron chi connectivity index (χ1n) is 49.7. The Labute approximate surface area is 742 Å². The van der Waals surface area contributed by atoms with Crippen LogP contribution in [0.1, 0.15) is 465 Å². The molecule has 2 aliphatic rings. The lowest BCUT2D eigenvalue weighted by atomic mass is 9.95. The largest absolute Gasteiger partial charge is 0.472 e. The third-order valence-electron chi connectivity index (χ3n) is 23.9. The number of carbonyl (C=O) groups excluding carboxylic acids is 6. The number of nitrogens with one attached hydrogen (secondary N) is 2. The zero-order chi connectivity index (χ0) is 90.4. The highest BCUT2D eigenvalue weighted by atomic mass is 31.2. The number of hydrogen-bond acceptors (Lipinski definition) is 21. The molecule has 0 radical (unpaired) electrons. The van der Waals surface area contributed by atoms with Crippen molar-refractivity contribution in [2.45, 2.75) is 551 Å². The van der Waals surface area contributed by atoms with E-state index in [2.05, 4.69) is 52.2 Å². The number of hydrogen-bond donors (Lipinski definition) is 10. The van der Waals surface area contributed by atoms with Gasteiger partial charge in [-0.05, 0) is 51.4 Å². The van der Waals surface area contributed by atoms with Crippen molar-refractivity contribution in [2.75, 3.05) is 13.2 Å². The normalized spacial score (nSPS) is 20.4. The summed E-state index contributed by atoms with van der Waals surface area (Å²) in [6, 6.07) is -3.86. The van der Waals surface area contributed by atoms with E-state index in [-0.39, 0.29) is 38.5 Å². The van der Waals surface area contributed by atoms with E-state index in [9.17, 15) is 68.3 Å². The molecule has 0 bridgehead atoms. The smallest absolute Gasteiger partial charge is 0.462 e. The SMILES string of the molecule is CCCCCCCCCCCCCC(=O)O[C@H](CCCCCCCCCCC)CC(=O)OC1C(NC(=O)C[C@@H](CCCCCCCCCCC)OC(=O)CCCCCCCCCCC)C(OCC2OC(OP(=O)(O)O)C(NC(=O)C[C@H](O)CCCCCCCCCCC)C(OC(=O)C[C@H](O)CCCCCCCCCCC)C2O)OC(CO)C1OP(=O)(O)O. The molecule has 0 aromatic carbocycles. The molecule has 27 nitrogen and oxygen atoms in total. The third kappa shape index (κ3) is 61.9. The standard InChI is InChI=1S/C94H178N2O25P2/c1-7-13-19-25-31-37-38-44-50-56-62-68-84(103)115-78(66-60-54-48-42-35-29-23-17-11-5)72-86(105)119-92-88(96-82(101)71-77(65-59-53-47-41-34-28-22-16-10-4)114-83(102)67-61-55-49-43-36-30-24-18-12-6)93(116-79(73-97)90(92)120-122(107,108)109)113-74-80-89(106)91(118-85(104)70-76(99)64-58-52-46-40-33-27-21-15-9-3)87(94(117-80)121-123(110,111)112)95-81(100)69-75(98)63-57-51-45-39-32-26-20-14-8-2/h75-80,87-94,97-99,106H,7-74H2,1-6H3,(H,95,100)(H,96,101)(H2,107,108,109)(H2,110,111,112)/t75-,76-,77-,78-,79?,80?,87?,88?,89?,90?,91?,92?,93?,94?/m1/s1. The maximum absolute atomic E-state index is 15.2. The van der Waals surface area contributed by atoms with Crippen LogP contribution in [0, 0.1) is 0 Å². The van der Waals surface area contributed by atoms with Crippen LogP contribution in [0.4, 0.5) is 0 Å². The van der Waals surface area contributed by atoms with Crippen LogP contribution in [0.15, 0.2) is 0 Å². The first-order chi connectivity index (χ1) is 59.3. The van der Waals surface area contributed by atoms with Gasteiger partial charge in [-0.25, -0.2) is 9.13 Å². The van der Waals surface area contributed by atoms with E-state index in [0.717, 1.165) is 257 Å². The first kappa shape index (κ1) is 116. The average Bonchev–Trinajstić information content (AvgIpc) is 0.778. The second-order valence-corrected chi connectivity index (χ2v) is 37.9. The maximum Gasteiger partial charge on any atom is 0.472 e. The van der Waals surface area contributed by atoms with Gasteiger partial charge in [0.05, 0.1) is 51.1 Å². The van der Waals surface area contributed by atoms with E-state index in [1.165, 1.54) is 64.2 Å². The molecule has 123 heavy (non-hydrogen) atoms. The molecule has 0 aromatic rings. The lowest BCUT2D eigenvalue weighted by Crippen LogP contribution is -2.68. The molecule has 10 unspecified atom stereocenters. The van der Waals surface area contributed by atoms with E-state index in [4.69, 9.17) is 42.2 Å². The molecule has 2 amide bonds. The van der Waals surface area contributed by atoms with Crippen LogP contribution in [0.25, 0.3) is 0 Å². The van der Waals surface area contributed by atoms with E-state index < -0.39 is 176 Å². The number of amides is 2. The number of unbranched alkanes of at least 4 members (excludes halogenated alkanes) is 50. The number of aliphatic hydroxyl groups is 4. The van der Waals surface area contributed by atoms with Gasteiger partial charge in [0, 0.05) is 12.8 Å². The molecule has 2 saturated heterocycles. The molecule has 29 heteroatoms. The highest BCUT2D eigenvalue weighted by Crippen LogP contribution is 2.44. The second kappa shape index (κ2) is 75.4. The first-order valence-corrected chi connectivity index (χ1v) is 52.8. The number of aliphatic hydroxyl groups excluding tert-OH is 4. The second-order valence-electron chi connectivity index (χ2n) is 35.5. The topological polar surface area (TPSA) is 406 Å². The quantitative estimate of drug-likeness (QED) is 0.0117. The summed E-state index contributed by atoms with van der Waals surface area (Å²) in [5, 5.41) is 51.5. The lowest BCUT2D eigenvalue weighted by Gasteiger charge is -2.47. The summed E-state index contributed by atoms with van der Waals surface area (Å²) in [6.07, 6.45) is 34.0. The predicted molar refractivity (Wildman–Crippen MR) is 481 cm³/mol. The van der Waals surface area contributed by atoms with Crippen LogP contribution in [0.5, 0.6) is 0 Å². The molecular formula is C94H178N2O25P2.